The summed E-state index contributed by atoms with van der Waals surface area (Å²) in [6, 6.07) is 4.37. The highest BCUT2D eigenvalue weighted by Crippen LogP contribution is 2.08. The van der Waals surface area contributed by atoms with Crippen LogP contribution in [0.25, 0.3) is 0 Å². The molecule has 3 N–H and O–H groups in total. The zero-order valence-corrected chi connectivity index (χ0v) is 10.7. The largest absolute Gasteiger partial charge is 0.355 e. The zero-order valence-electron chi connectivity index (χ0n) is 9.89. The average molecular weight is 253 g/mol. The molecule has 17 heavy (non-hydrogen) atoms. The molecular formula is C12H19N3OS. The van der Waals surface area contributed by atoms with E-state index in [1.165, 1.54) is 4.88 Å². The summed E-state index contributed by atoms with van der Waals surface area (Å²) in [5.41, 5.74) is 5.79. The second-order valence-corrected chi connectivity index (χ2v) is 5.50. The standard InChI is InChI=1S/C12H19N3OS/c13-10-4-6-15(8-10)9-12(16)14-5-3-11-2-1-7-17-11/h1-2,7,10H,3-6,8-9,13H2,(H,14,16)/t10-/m1/s1. The van der Waals surface area contributed by atoms with Crippen LogP contribution in [-0.2, 0) is 11.2 Å². The lowest BCUT2D eigenvalue weighted by atomic mass is 10.3. The van der Waals surface area contributed by atoms with Crippen molar-refractivity contribution in [2.45, 2.75) is 18.9 Å². The third kappa shape index (κ3) is 4.11. The fraction of sp³-hybridized carbons (Fsp3) is 0.583. The molecule has 2 heterocycles. The van der Waals surface area contributed by atoms with Crippen LogP contribution in [0.5, 0.6) is 0 Å². The van der Waals surface area contributed by atoms with Gasteiger partial charge in [0.25, 0.3) is 0 Å². The molecular weight excluding hydrogens is 234 g/mol. The maximum atomic E-state index is 11.6. The topological polar surface area (TPSA) is 58.4 Å². The lowest BCUT2D eigenvalue weighted by molar-refractivity contribution is -0.121. The summed E-state index contributed by atoms with van der Waals surface area (Å²) in [7, 11) is 0. The molecule has 1 aromatic rings. The normalized spacial score (nSPS) is 20.6. The number of hydrogen-bond donors (Lipinski definition) is 2. The lowest BCUT2D eigenvalue weighted by Gasteiger charge is -2.14. The van der Waals surface area contributed by atoms with Gasteiger partial charge in [0.1, 0.15) is 0 Å². The number of rotatable bonds is 5. The smallest absolute Gasteiger partial charge is 0.234 e. The molecule has 1 aliphatic heterocycles. The lowest BCUT2D eigenvalue weighted by Crippen LogP contribution is -2.38. The molecule has 1 aromatic heterocycles. The maximum Gasteiger partial charge on any atom is 0.234 e. The summed E-state index contributed by atoms with van der Waals surface area (Å²) in [4.78, 5) is 15.1. The number of nitrogens with one attached hydrogen (secondary N) is 1. The summed E-state index contributed by atoms with van der Waals surface area (Å²) in [6.45, 7) is 3.00. The number of carbonyl (C=O) groups is 1. The molecule has 0 bridgehead atoms. The minimum Gasteiger partial charge on any atom is -0.355 e. The monoisotopic (exact) mass is 253 g/mol. The Morgan fingerprint density at radius 3 is 3.18 bits per heavy atom. The van der Waals surface area contributed by atoms with E-state index in [4.69, 9.17) is 5.73 Å². The van der Waals surface area contributed by atoms with Crippen molar-refractivity contribution in [1.29, 1.82) is 0 Å². The summed E-state index contributed by atoms with van der Waals surface area (Å²) in [5.74, 6) is 0.107. The fourth-order valence-corrected chi connectivity index (χ4v) is 2.75. The fourth-order valence-electron chi connectivity index (χ4n) is 2.05. The van der Waals surface area contributed by atoms with Crippen molar-refractivity contribution in [2.75, 3.05) is 26.2 Å². The van der Waals surface area contributed by atoms with Gasteiger partial charge in [0.2, 0.25) is 5.91 Å². The van der Waals surface area contributed by atoms with E-state index in [1.54, 1.807) is 11.3 Å². The number of nitrogens with zero attached hydrogens (tertiary/aromatic N) is 1. The first-order valence-corrected chi connectivity index (χ1v) is 6.89. The van der Waals surface area contributed by atoms with Gasteiger partial charge in [0.05, 0.1) is 6.54 Å². The van der Waals surface area contributed by atoms with Gasteiger partial charge in [-0.15, -0.1) is 11.3 Å². The van der Waals surface area contributed by atoms with E-state index in [2.05, 4.69) is 21.7 Å². The molecule has 4 nitrogen and oxygen atoms in total. The van der Waals surface area contributed by atoms with E-state index in [-0.39, 0.29) is 11.9 Å². The number of thiophene rings is 1. The van der Waals surface area contributed by atoms with Crippen LogP contribution in [0.15, 0.2) is 17.5 Å². The van der Waals surface area contributed by atoms with E-state index in [0.717, 1.165) is 32.5 Å². The Bertz CT molecular complexity index is 353. The first kappa shape index (κ1) is 12.5. The first-order valence-electron chi connectivity index (χ1n) is 6.01. The Balaban J connectivity index is 1.61. The second-order valence-electron chi connectivity index (χ2n) is 4.46. The Labute approximate surface area is 106 Å². The Morgan fingerprint density at radius 2 is 2.53 bits per heavy atom. The molecule has 1 aliphatic rings. The molecule has 5 heteroatoms. The summed E-state index contributed by atoms with van der Waals surface area (Å²) in [6.07, 6.45) is 1.92. The van der Waals surface area contributed by atoms with E-state index in [0.29, 0.717) is 6.54 Å². The molecule has 2 rings (SSSR count). The van der Waals surface area contributed by atoms with Crippen LogP contribution >= 0.6 is 11.3 Å². The third-order valence-electron chi connectivity index (χ3n) is 2.95. The molecule has 0 spiro atoms. The molecule has 94 valence electrons. The average Bonchev–Trinajstić information content (AvgIpc) is 2.90. The van der Waals surface area contributed by atoms with Crippen molar-refractivity contribution in [1.82, 2.24) is 10.2 Å². The molecule has 1 amide bonds. The van der Waals surface area contributed by atoms with Gasteiger partial charge >= 0.3 is 0 Å². The van der Waals surface area contributed by atoms with Gasteiger partial charge in [-0.25, -0.2) is 0 Å². The maximum absolute atomic E-state index is 11.6. The van der Waals surface area contributed by atoms with Crippen LogP contribution in [-0.4, -0.2) is 43.0 Å². The second kappa shape index (κ2) is 6.14. The summed E-state index contributed by atoms with van der Waals surface area (Å²) < 4.78 is 0. The van der Waals surface area contributed by atoms with Crippen LogP contribution in [0.1, 0.15) is 11.3 Å². The number of hydrogen-bond acceptors (Lipinski definition) is 4. The molecule has 0 aromatic carbocycles. The van der Waals surface area contributed by atoms with E-state index in [1.807, 2.05) is 6.07 Å². The van der Waals surface area contributed by atoms with E-state index in [9.17, 15) is 4.79 Å². The van der Waals surface area contributed by atoms with Crippen LogP contribution in [0.4, 0.5) is 0 Å². The van der Waals surface area contributed by atoms with Gasteiger partial charge in [-0.3, -0.25) is 9.69 Å². The van der Waals surface area contributed by atoms with Crippen LogP contribution in [0.2, 0.25) is 0 Å². The Hall–Kier alpha value is -0.910. The molecule has 0 saturated carbocycles. The molecule has 1 atom stereocenters. The predicted molar refractivity (Wildman–Crippen MR) is 70.1 cm³/mol. The zero-order chi connectivity index (χ0) is 12.1. The van der Waals surface area contributed by atoms with E-state index < -0.39 is 0 Å². The molecule has 1 fully saturated rings. The van der Waals surface area contributed by atoms with Gasteiger partial charge in [-0.2, -0.15) is 0 Å². The number of nitrogens with two attached hydrogens (primary N) is 1. The minimum atomic E-state index is 0.107. The molecule has 0 radical (unpaired) electrons. The SMILES string of the molecule is N[C@@H]1CCN(CC(=O)NCCc2cccs2)C1. The van der Waals surface area contributed by atoms with Gasteiger partial charge in [-0.05, 0) is 24.3 Å². The van der Waals surface area contributed by atoms with Gasteiger partial charge in [0.15, 0.2) is 0 Å². The molecule has 1 saturated heterocycles. The summed E-state index contributed by atoms with van der Waals surface area (Å²) >= 11 is 1.73. The van der Waals surface area contributed by atoms with Crippen molar-refractivity contribution in [3.63, 3.8) is 0 Å². The third-order valence-corrected chi connectivity index (χ3v) is 3.89. The van der Waals surface area contributed by atoms with Crippen molar-refractivity contribution < 1.29 is 4.79 Å². The predicted octanol–water partition coefficient (Wildman–Crippen LogP) is 0.440. The quantitative estimate of drug-likeness (QED) is 0.800. The minimum absolute atomic E-state index is 0.107. The Kier molecular flexibility index (Phi) is 4.53. The van der Waals surface area contributed by atoms with Crippen molar-refractivity contribution in [3.8, 4) is 0 Å². The van der Waals surface area contributed by atoms with Gasteiger partial charge < -0.3 is 11.1 Å². The molecule has 0 unspecified atom stereocenters. The van der Waals surface area contributed by atoms with Crippen molar-refractivity contribution in [3.05, 3.63) is 22.4 Å². The highest BCUT2D eigenvalue weighted by Gasteiger charge is 2.20. The van der Waals surface area contributed by atoms with Crippen LogP contribution in [0.3, 0.4) is 0 Å². The van der Waals surface area contributed by atoms with Crippen molar-refractivity contribution in [2.24, 2.45) is 5.73 Å². The van der Waals surface area contributed by atoms with Crippen LogP contribution < -0.4 is 11.1 Å². The van der Waals surface area contributed by atoms with E-state index >= 15 is 0 Å². The number of amides is 1. The number of likely N-dealkylation sites (tertiary alicyclic amines) is 1. The summed E-state index contributed by atoms with van der Waals surface area (Å²) in [5, 5.41) is 5.01. The highest BCUT2D eigenvalue weighted by atomic mass is 32.1. The number of carbonyl (C=O) groups excluding carboxylic acids is 1. The van der Waals surface area contributed by atoms with Gasteiger partial charge in [-0.1, -0.05) is 6.07 Å². The van der Waals surface area contributed by atoms with Crippen molar-refractivity contribution >= 4 is 17.2 Å². The van der Waals surface area contributed by atoms with Gasteiger partial charge in [0, 0.05) is 30.6 Å². The first-order chi connectivity index (χ1) is 8.24. The highest BCUT2D eigenvalue weighted by molar-refractivity contribution is 7.09. The van der Waals surface area contributed by atoms with Crippen LogP contribution in [0, 0.1) is 0 Å². The molecule has 0 aliphatic carbocycles. The Morgan fingerprint density at radius 1 is 1.65 bits per heavy atom.